The number of anilines is 1. The van der Waals surface area contributed by atoms with Crippen LogP contribution in [0.3, 0.4) is 0 Å². The monoisotopic (exact) mass is 453 g/mol. The van der Waals surface area contributed by atoms with Crippen LogP contribution in [0.2, 0.25) is 0 Å². The number of nitrogen functional groups attached to an aromatic ring is 1. The minimum absolute atomic E-state index is 0.0611. The quantitative estimate of drug-likeness (QED) is 0.384. The molecule has 1 aliphatic carbocycles. The zero-order valence-electron chi connectivity index (χ0n) is 18.6. The number of benzene rings is 1. The second kappa shape index (κ2) is 10.2. The Morgan fingerprint density at radius 1 is 1.30 bits per heavy atom. The smallest absolute Gasteiger partial charge is 0.293 e. The summed E-state index contributed by atoms with van der Waals surface area (Å²) in [5, 5.41) is 19.6. The van der Waals surface area contributed by atoms with Gasteiger partial charge in [0, 0.05) is 12.6 Å². The molecule has 1 fully saturated rings. The predicted molar refractivity (Wildman–Crippen MR) is 120 cm³/mol. The number of nitrogens with two attached hydrogens (primary N) is 1. The molecule has 2 aromatic heterocycles. The molecule has 12 heteroatoms. The molecule has 4 rings (SSSR count). The maximum atomic E-state index is 12.9. The van der Waals surface area contributed by atoms with Crippen LogP contribution in [0, 0.1) is 0 Å². The van der Waals surface area contributed by atoms with E-state index < -0.39 is 5.91 Å². The first-order chi connectivity index (χ1) is 16.1. The summed E-state index contributed by atoms with van der Waals surface area (Å²) in [7, 11) is 3.63. The van der Waals surface area contributed by atoms with Gasteiger partial charge in [0.15, 0.2) is 5.69 Å². The fourth-order valence-electron chi connectivity index (χ4n) is 3.92. The van der Waals surface area contributed by atoms with Crippen molar-refractivity contribution < 1.29 is 14.2 Å². The van der Waals surface area contributed by atoms with Gasteiger partial charge in [-0.1, -0.05) is 24.5 Å². The fraction of sp³-hybridized carbons (Fsp3) is 0.429. The summed E-state index contributed by atoms with van der Waals surface area (Å²) < 4.78 is 11.3. The second-order valence-electron chi connectivity index (χ2n) is 7.95. The Bertz CT molecular complexity index is 1100. The van der Waals surface area contributed by atoms with Crippen LogP contribution in [0.1, 0.15) is 53.8 Å². The number of nitrogens with zero attached hydrogens (tertiary/aromatic N) is 7. The summed E-state index contributed by atoms with van der Waals surface area (Å²) in [5.41, 5.74) is 9.85. The highest BCUT2D eigenvalue weighted by molar-refractivity contribution is 5.94. The maximum Gasteiger partial charge on any atom is 0.293 e. The van der Waals surface area contributed by atoms with Crippen molar-refractivity contribution in [2.45, 2.75) is 44.7 Å². The molecule has 1 saturated carbocycles. The van der Waals surface area contributed by atoms with Gasteiger partial charge in [0.25, 0.3) is 5.91 Å². The van der Waals surface area contributed by atoms with E-state index in [2.05, 4.69) is 36.1 Å². The van der Waals surface area contributed by atoms with Crippen molar-refractivity contribution in [2.75, 3.05) is 19.9 Å². The molecule has 12 nitrogen and oxygen atoms in total. The third-order valence-corrected chi connectivity index (χ3v) is 5.77. The molecule has 0 radical (unpaired) electrons. The van der Waals surface area contributed by atoms with Crippen LogP contribution >= 0.6 is 0 Å². The van der Waals surface area contributed by atoms with Gasteiger partial charge >= 0.3 is 0 Å². The number of hydrogen-bond donors (Lipinski definition) is 2. The van der Waals surface area contributed by atoms with Crippen LogP contribution < -0.4 is 15.9 Å². The Hall–Kier alpha value is -3.80. The number of carbonyl (C=O) groups is 1. The summed E-state index contributed by atoms with van der Waals surface area (Å²) in [4.78, 5) is 15.1. The average Bonchev–Trinajstić information content (AvgIpc) is 3.45. The number of carbonyl (C=O) groups excluding carboxylic acids is 1. The van der Waals surface area contributed by atoms with Crippen molar-refractivity contribution in [1.29, 1.82) is 0 Å². The molecule has 0 atom stereocenters. The molecule has 3 aromatic rings. The minimum Gasteiger partial charge on any atom is -0.497 e. The number of amides is 1. The highest BCUT2D eigenvalue weighted by Crippen LogP contribution is 2.24. The van der Waals surface area contributed by atoms with Crippen molar-refractivity contribution in [1.82, 2.24) is 35.6 Å². The van der Waals surface area contributed by atoms with E-state index in [9.17, 15) is 4.79 Å². The van der Waals surface area contributed by atoms with Gasteiger partial charge in [-0.25, -0.2) is 10.1 Å². The highest BCUT2D eigenvalue weighted by atomic mass is 16.6. The first-order valence-electron chi connectivity index (χ1n) is 10.8. The van der Waals surface area contributed by atoms with Gasteiger partial charge in [-0.15, -0.1) is 5.10 Å². The van der Waals surface area contributed by atoms with Crippen LogP contribution in [0.5, 0.6) is 5.75 Å². The van der Waals surface area contributed by atoms with E-state index in [1.807, 2.05) is 31.3 Å². The van der Waals surface area contributed by atoms with Gasteiger partial charge in [-0.05, 0) is 60.0 Å². The van der Waals surface area contributed by atoms with Crippen molar-refractivity contribution in [3.8, 4) is 11.6 Å². The number of rotatable bonds is 8. The molecule has 33 heavy (non-hydrogen) atoms. The first kappa shape index (κ1) is 22.4. The number of nitrogens with one attached hydrogen (secondary N) is 1. The molecule has 1 aromatic carbocycles. The average molecular weight is 454 g/mol. The van der Waals surface area contributed by atoms with Crippen molar-refractivity contribution in [2.24, 2.45) is 5.10 Å². The predicted octanol–water partition coefficient (Wildman–Crippen LogP) is 1.77. The van der Waals surface area contributed by atoms with Gasteiger partial charge in [-0.2, -0.15) is 9.78 Å². The van der Waals surface area contributed by atoms with Crippen LogP contribution in [-0.4, -0.2) is 62.5 Å². The van der Waals surface area contributed by atoms with Gasteiger partial charge in [0.2, 0.25) is 11.6 Å². The van der Waals surface area contributed by atoms with Crippen molar-refractivity contribution in [3.63, 3.8) is 0 Å². The van der Waals surface area contributed by atoms with E-state index in [4.69, 9.17) is 15.1 Å². The van der Waals surface area contributed by atoms with Gasteiger partial charge in [0.05, 0.1) is 19.0 Å². The molecule has 174 valence electrons. The molecule has 1 aliphatic rings. The first-order valence-corrected chi connectivity index (χ1v) is 10.8. The highest BCUT2D eigenvalue weighted by Gasteiger charge is 2.27. The second-order valence-corrected chi connectivity index (χ2v) is 7.95. The van der Waals surface area contributed by atoms with Crippen LogP contribution in [0.25, 0.3) is 5.82 Å². The van der Waals surface area contributed by atoms with Gasteiger partial charge < -0.3 is 10.5 Å². The van der Waals surface area contributed by atoms with Crippen LogP contribution in [0.4, 0.5) is 5.82 Å². The maximum absolute atomic E-state index is 12.9. The summed E-state index contributed by atoms with van der Waals surface area (Å²) in [6, 6.07) is 7.69. The lowest BCUT2D eigenvalue weighted by Crippen LogP contribution is -2.34. The Balaban J connectivity index is 1.54. The van der Waals surface area contributed by atoms with Crippen molar-refractivity contribution >= 4 is 17.9 Å². The van der Waals surface area contributed by atoms with Gasteiger partial charge in [0.1, 0.15) is 5.75 Å². The molecule has 2 heterocycles. The lowest BCUT2D eigenvalue weighted by atomic mass is 9.94. The molecule has 0 bridgehead atoms. The topological polar surface area (TPSA) is 150 Å². The SMILES string of the molecule is COc1ccc(C=NNC(=O)c2nnn(-c3nonc3N)c2CN(C)C2CCCCC2)cc1. The summed E-state index contributed by atoms with van der Waals surface area (Å²) in [6.45, 7) is 0.426. The Morgan fingerprint density at radius 3 is 2.73 bits per heavy atom. The van der Waals surface area contributed by atoms with E-state index in [0.717, 1.165) is 24.2 Å². The molecule has 0 unspecified atom stereocenters. The van der Waals surface area contributed by atoms with E-state index >= 15 is 0 Å². The zero-order chi connectivity index (χ0) is 23.2. The van der Waals surface area contributed by atoms with Crippen molar-refractivity contribution in [3.05, 3.63) is 41.2 Å². The van der Waals surface area contributed by atoms with E-state index in [0.29, 0.717) is 18.3 Å². The molecule has 0 spiro atoms. The molecule has 0 aliphatic heterocycles. The molecule has 0 saturated heterocycles. The normalized spacial score (nSPS) is 14.8. The third-order valence-electron chi connectivity index (χ3n) is 5.77. The zero-order valence-corrected chi connectivity index (χ0v) is 18.6. The summed E-state index contributed by atoms with van der Waals surface area (Å²) in [6.07, 6.45) is 7.40. The van der Waals surface area contributed by atoms with E-state index in [1.165, 1.54) is 30.2 Å². The fourth-order valence-corrected chi connectivity index (χ4v) is 3.92. The van der Waals surface area contributed by atoms with E-state index in [1.54, 1.807) is 7.11 Å². The summed E-state index contributed by atoms with van der Waals surface area (Å²) in [5.74, 6) is 0.496. The Kier molecular flexibility index (Phi) is 6.93. The standard InChI is InChI=1S/C21H27N9O3/c1-29(15-6-4-3-5-7-15)13-17-18(24-28-30(17)20-19(22)26-33-27-20)21(31)25-23-12-14-8-10-16(32-2)11-9-14/h8-12,15H,3-7,13H2,1-2H3,(H2,22,26)(H,25,31). The number of methoxy groups -OCH3 is 1. The number of ether oxygens (including phenoxy) is 1. The van der Waals surface area contributed by atoms with Crippen LogP contribution in [0.15, 0.2) is 34.0 Å². The van der Waals surface area contributed by atoms with Gasteiger partial charge in [-0.3, -0.25) is 9.69 Å². The molecular weight excluding hydrogens is 426 g/mol. The third kappa shape index (κ3) is 5.17. The minimum atomic E-state index is -0.493. The number of hydrazone groups is 1. The Labute approximate surface area is 190 Å². The molecule has 1 amide bonds. The lowest BCUT2D eigenvalue weighted by molar-refractivity contribution is 0.0947. The van der Waals surface area contributed by atoms with E-state index in [-0.39, 0.29) is 17.3 Å². The van der Waals surface area contributed by atoms with Crippen LogP contribution in [-0.2, 0) is 6.54 Å². The lowest BCUT2D eigenvalue weighted by Gasteiger charge is -2.31. The summed E-state index contributed by atoms with van der Waals surface area (Å²) >= 11 is 0. The number of hydrogen-bond acceptors (Lipinski definition) is 10. The Morgan fingerprint density at radius 2 is 2.06 bits per heavy atom. The number of aromatic nitrogens is 5. The largest absolute Gasteiger partial charge is 0.497 e. The molecular formula is C21H27N9O3. The molecule has 3 N–H and O–H groups in total.